The van der Waals surface area contributed by atoms with Crippen molar-refractivity contribution in [3.63, 3.8) is 0 Å². The van der Waals surface area contributed by atoms with Crippen molar-refractivity contribution in [1.29, 1.82) is 0 Å². The summed E-state index contributed by atoms with van der Waals surface area (Å²) in [6.45, 7) is 8.52. The largest absolute Gasteiger partial charge is 0.241 e. The van der Waals surface area contributed by atoms with Crippen molar-refractivity contribution in [2.24, 2.45) is 0 Å². The normalized spacial score (nSPS) is 13.0. The highest BCUT2D eigenvalue weighted by atomic mass is 14.8. The maximum Gasteiger partial charge on any atom is 0.115 e. The molecule has 0 aliphatic rings. The number of hydrogen-bond donors (Lipinski definition) is 0. The second kappa shape index (κ2) is 3.65. The van der Waals surface area contributed by atoms with Gasteiger partial charge in [-0.2, -0.15) is 0 Å². The average Bonchev–Trinajstić information content (AvgIpc) is 2.03. The van der Waals surface area contributed by atoms with Gasteiger partial charge in [0.05, 0.1) is 0 Å². The van der Waals surface area contributed by atoms with Crippen molar-refractivity contribution in [1.82, 2.24) is 9.97 Å². The van der Waals surface area contributed by atoms with E-state index in [1.807, 2.05) is 0 Å². The van der Waals surface area contributed by atoms with E-state index in [9.17, 15) is 0 Å². The van der Waals surface area contributed by atoms with Gasteiger partial charge in [-0.1, -0.05) is 13.8 Å². The Morgan fingerprint density at radius 3 is 2.17 bits per heavy atom. The van der Waals surface area contributed by atoms with Crippen LogP contribution in [0.3, 0.4) is 0 Å². The van der Waals surface area contributed by atoms with Crippen LogP contribution in [0.2, 0.25) is 0 Å². The van der Waals surface area contributed by atoms with Gasteiger partial charge in [0.2, 0.25) is 0 Å². The predicted molar refractivity (Wildman–Crippen MR) is 50.2 cm³/mol. The van der Waals surface area contributed by atoms with Gasteiger partial charge in [0.15, 0.2) is 0 Å². The summed E-state index contributed by atoms with van der Waals surface area (Å²) in [7, 11) is 0. The minimum atomic E-state index is 0.575. The highest BCUT2D eigenvalue weighted by Gasteiger charge is 2.10. The number of aromatic nitrogens is 2. The molecule has 12 heavy (non-hydrogen) atoms. The SMILES string of the molecule is CC[C@@H](C)c1c(C)ncnc1C. The fourth-order valence-corrected chi connectivity index (χ4v) is 1.52. The minimum Gasteiger partial charge on any atom is -0.241 e. The van der Waals surface area contributed by atoms with Gasteiger partial charge in [-0.3, -0.25) is 0 Å². The Balaban J connectivity index is 3.12. The lowest BCUT2D eigenvalue weighted by Gasteiger charge is -2.13. The van der Waals surface area contributed by atoms with E-state index in [-0.39, 0.29) is 0 Å². The zero-order chi connectivity index (χ0) is 9.14. The predicted octanol–water partition coefficient (Wildman–Crippen LogP) is 2.61. The lowest BCUT2D eigenvalue weighted by Crippen LogP contribution is -2.02. The molecule has 2 nitrogen and oxygen atoms in total. The summed E-state index contributed by atoms with van der Waals surface area (Å²) < 4.78 is 0. The zero-order valence-electron chi connectivity index (χ0n) is 8.26. The second-order valence-corrected chi connectivity index (χ2v) is 3.27. The third-order valence-electron chi connectivity index (χ3n) is 2.39. The zero-order valence-corrected chi connectivity index (χ0v) is 8.26. The standard InChI is InChI=1S/C10H16N2/c1-5-7(2)10-8(3)11-6-12-9(10)4/h6-7H,5H2,1-4H3/t7-/m1/s1. The summed E-state index contributed by atoms with van der Waals surface area (Å²) in [6, 6.07) is 0. The van der Waals surface area contributed by atoms with Crippen LogP contribution in [-0.4, -0.2) is 9.97 Å². The van der Waals surface area contributed by atoms with E-state index in [0.29, 0.717) is 5.92 Å². The van der Waals surface area contributed by atoms with E-state index < -0.39 is 0 Å². The molecular weight excluding hydrogens is 148 g/mol. The van der Waals surface area contributed by atoms with Gasteiger partial charge in [0.25, 0.3) is 0 Å². The van der Waals surface area contributed by atoms with Gasteiger partial charge in [-0.25, -0.2) is 9.97 Å². The monoisotopic (exact) mass is 164 g/mol. The Morgan fingerprint density at radius 1 is 1.25 bits per heavy atom. The molecule has 0 unspecified atom stereocenters. The third kappa shape index (κ3) is 1.63. The molecule has 0 radical (unpaired) electrons. The van der Waals surface area contributed by atoms with Crippen molar-refractivity contribution >= 4 is 0 Å². The first-order chi connectivity index (χ1) is 5.66. The highest BCUT2D eigenvalue weighted by Crippen LogP contribution is 2.22. The fraction of sp³-hybridized carbons (Fsp3) is 0.600. The van der Waals surface area contributed by atoms with Crippen molar-refractivity contribution < 1.29 is 0 Å². The second-order valence-electron chi connectivity index (χ2n) is 3.27. The third-order valence-corrected chi connectivity index (χ3v) is 2.39. The molecule has 0 aromatic carbocycles. The summed E-state index contributed by atoms with van der Waals surface area (Å²) >= 11 is 0. The Bertz CT molecular complexity index is 248. The minimum absolute atomic E-state index is 0.575. The molecule has 2 heteroatoms. The van der Waals surface area contributed by atoms with E-state index in [0.717, 1.165) is 17.8 Å². The van der Waals surface area contributed by atoms with Crippen LogP contribution < -0.4 is 0 Å². The van der Waals surface area contributed by atoms with E-state index in [1.165, 1.54) is 5.56 Å². The van der Waals surface area contributed by atoms with Crippen LogP contribution in [0.4, 0.5) is 0 Å². The van der Waals surface area contributed by atoms with Crippen LogP contribution in [-0.2, 0) is 0 Å². The summed E-state index contributed by atoms with van der Waals surface area (Å²) in [5.41, 5.74) is 3.56. The summed E-state index contributed by atoms with van der Waals surface area (Å²) in [6.07, 6.45) is 2.78. The Labute approximate surface area is 74.1 Å². The molecule has 0 N–H and O–H groups in total. The van der Waals surface area contributed by atoms with E-state index in [4.69, 9.17) is 0 Å². The number of rotatable bonds is 2. The van der Waals surface area contributed by atoms with Crippen LogP contribution in [0.15, 0.2) is 6.33 Å². The van der Waals surface area contributed by atoms with Crippen LogP contribution in [0.5, 0.6) is 0 Å². The van der Waals surface area contributed by atoms with Crippen LogP contribution >= 0.6 is 0 Å². The number of nitrogens with zero attached hydrogens (tertiary/aromatic N) is 2. The lowest BCUT2D eigenvalue weighted by molar-refractivity contribution is 0.707. The highest BCUT2D eigenvalue weighted by molar-refractivity contribution is 5.26. The van der Waals surface area contributed by atoms with E-state index in [2.05, 4.69) is 37.7 Å². The van der Waals surface area contributed by atoms with Crippen LogP contribution in [0.25, 0.3) is 0 Å². The Hall–Kier alpha value is -0.920. The number of hydrogen-bond acceptors (Lipinski definition) is 2. The van der Waals surface area contributed by atoms with Crippen molar-refractivity contribution in [3.05, 3.63) is 23.3 Å². The van der Waals surface area contributed by atoms with Crippen LogP contribution in [0, 0.1) is 13.8 Å². The van der Waals surface area contributed by atoms with Crippen molar-refractivity contribution in [3.8, 4) is 0 Å². The quantitative estimate of drug-likeness (QED) is 0.671. The summed E-state index contributed by atoms with van der Waals surface area (Å²) in [4.78, 5) is 8.40. The molecule has 0 bridgehead atoms. The van der Waals surface area contributed by atoms with Gasteiger partial charge < -0.3 is 0 Å². The molecule has 0 amide bonds. The van der Waals surface area contributed by atoms with Gasteiger partial charge in [0, 0.05) is 11.4 Å². The Kier molecular flexibility index (Phi) is 2.79. The molecule has 0 aliphatic heterocycles. The van der Waals surface area contributed by atoms with Gasteiger partial charge in [-0.05, 0) is 31.7 Å². The molecule has 1 aromatic heterocycles. The van der Waals surface area contributed by atoms with Crippen LogP contribution in [0.1, 0.15) is 43.1 Å². The molecule has 66 valence electrons. The smallest absolute Gasteiger partial charge is 0.115 e. The maximum absolute atomic E-state index is 4.20. The van der Waals surface area contributed by atoms with E-state index in [1.54, 1.807) is 6.33 Å². The maximum atomic E-state index is 4.20. The number of aryl methyl sites for hydroxylation is 2. The molecule has 0 aliphatic carbocycles. The van der Waals surface area contributed by atoms with Gasteiger partial charge >= 0.3 is 0 Å². The van der Waals surface area contributed by atoms with E-state index >= 15 is 0 Å². The fourth-order valence-electron chi connectivity index (χ4n) is 1.52. The average molecular weight is 164 g/mol. The summed E-state index contributed by atoms with van der Waals surface area (Å²) in [5, 5.41) is 0. The van der Waals surface area contributed by atoms with Gasteiger partial charge in [-0.15, -0.1) is 0 Å². The molecule has 0 fully saturated rings. The molecule has 1 atom stereocenters. The first-order valence-corrected chi connectivity index (χ1v) is 4.44. The molecule has 0 spiro atoms. The van der Waals surface area contributed by atoms with Gasteiger partial charge in [0.1, 0.15) is 6.33 Å². The molecular formula is C10H16N2. The molecule has 0 saturated carbocycles. The molecule has 1 rings (SSSR count). The Morgan fingerprint density at radius 2 is 1.75 bits per heavy atom. The molecule has 1 heterocycles. The lowest BCUT2D eigenvalue weighted by atomic mass is 9.96. The summed E-state index contributed by atoms with van der Waals surface area (Å²) in [5.74, 6) is 0.575. The van der Waals surface area contributed by atoms with Crippen molar-refractivity contribution in [2.75, 3.05) is 0 Å². The van der Waals surface area contributed by atoms with Crippen molar-refractivity contribution in [2.45, 2.75) is 40.0 Å². The molecule has 1 aromatic rings. The first-order valence-electron chi connectivity index (χ1n) is 4.44. The first kappa shape index (κ1) is 9.17. The molecule has 0 saturated heterocycles. The topological polar surface area (TPSA) is 25.8 Å².